The lowest BCUT2D eigenvalue weighted by molar-refractivity contribution is 0.595. The van der Waals surface area contributed by atoms with E-state index in [1.54, 1.807) is 13.0 Å². The molecule has 0 saturated heterocycles. The van der Waals surface area contributed by atoms with E-state index in [0.717, 1.165) is 6.42 Å². The molecule has 0 aliphatic rings. The van der Waals surface area contributed by atoms with Gasteiger partial charge in [-0.1, -0.05) is 13.8 Å². The summed E-state index contributed by atoms with van der Waals surface area (Å²) in [4.78, 5) is 0. The third kappa shape index (κ3) is 4.31. The van der Waals surface area contributed by atoms with Gasteiger partial charge in [0.25, 0.3) is 0 Å². The number of rotatable bonds is 4. The summed E-state index contributed by atoms with van der Waals surface area (Å²) < 4.78 is 22.2. The zero-order valence-electron chi connectivity index (χ0n) is 8.74. The van der Waals surface area contributed by atoms with E-state index in [1.165, 1.54) is 6.26 Å². The van der Waals surface area contributed by atoms with Crippen LogP contribution in [0.5, 0.6) is 0 Å². The summed E-state index contributed by atoms with van der Waals surface area (Å²) in [6.07, 6.45) is 3.78. The number of hydrogen-bond donors (Lipinski definition) is 1. The van der Waals surface area contributed by atoms with Gasteiger partial charge in [0.05, 0.1) is 5.25 Å². The van der Waals surface area contributed by atoms with E-state index in [2.05, 4.69) is 0 Å². The van der Waals surface area contributed by atoms with E-state index in [-0.39, 0.29) is 5.92 Å². The lowest BCUT2D eigenvalue weighted by atomic mass is 10.1. The van der Waals surface area contributed by atoms with Crippen molar-refractivity contribution in [3.63, 3.8) is 0 Å². The maximum absolute atomic E-state index is 11.1. The lowest BCUT2D eigenvalue weighted by Gasteiger charge is -2.11. The van der Waals surface area contributed by atoms with E-state index >= 15 is 0 Å². The fourth-order valence-corrected chi connectivity index (χ4v) is 1.20. The SMILES string of the molecule is CCC(C)/C(N)=C/C(C)S(C)(=O)=O. The molecule has 0 bridgehead atoms. The van der Waals surface area contributed by atoms with Gasteiger partial charge in [0, 0.05) is 12.0 Å². The van der Waals surface area contributed by atoms with Crippen molar-refractivity contribution in [2.75, 3.05) is 6.26 Å². The maximum atomic E-state index is 11.1. The molecule has 0 aromatic heterocycles. The summed E-state index contributed by atoms with van der Waals surface area (Å²) in [7, 11) is -3.00. The minimum Gasteiger partial charge on any atom is -0.402 e. The Kier molecular flexibility index (Phi) is 4.47. The predicted molar refractivity (Wildman–Crippen MR) is 56.0 cm³/mol. The van der Waals surface area contributed by atoms with Gasteiger partial charge in [-0.25, -0.2) is 8.42 Å². The first kappa shape index (κ1) is 12.5. The van der Waals surface area contributed by atoms with Gasteiger partial charge >= 0.3 is 0 Å². The molecule has 13 heavy (non-hydrogen) atoms. The van der Waals surface area contributed by atoms with Crippen LogP contribution in [0.1, 0.15) is 27.2 Å². The minimum absolute atomic E-state index is 0.254. The smallest absolute Gasteiger partial charge is 0.153 e. The zero-order valence-corrected chi connectivity index (χ0v) is 9.56. The molecular formula is C9H19NO2S. The van der Waals surface area contributed by atoms with Crippen molar-refractivity contribution >= 4 is 9.84 Å². The summed E-state index contributed by atoms with van der Waals surface area (Å²) >= 11 is 0. The van der Waals surface area contributed by atoms with Crippen molar-refractivity contribution in [1.29, 1.82) is 0 Å². The highest BCUT2D eigenvalue weighted by Crippen LogP contribution is 2.11. The molecule has 0 saturated carbocycles. The van der Waals surface area contributed by atoms with Gasteiger partial charge in [-0.15, -0.1) is 0 Å². The van der Waals surface area contributed by atoms with Crippen LogP contribution >= 0.6 is 0 Å². The van der Waals surface area contributed by atoms with Crippen molar-refractivity contribution in [3.05, 3.63) is 11.8 Å². The van der Waals surface area contributed by atoms with Crippen LogP contribution in [0, 0.1) is 5.92 Å². The monoisotopic (exact) mass is 205 g/mol. The van der Waals surface area contributed by atoms with Crippen LogP contribution in [-0.4, -0.2) is 19.9 Å². The third-order valence-electron chi connectivity index (χ3n) is 2.28. The highest BCUT2D eigenvalue weighted by molar-refractivity contribution is 7.91. The molecule has 2 unspecified atom stereocenters. The molecule has 2 N–H and O–H groups in total. The Bertz CT molecular complexity index is 280. The summed E-state index contributed by atoms with van der Waals surface area (Å²) in [5.74, 6) is 0.254. The van der Waals surface area contributed by atoms with Gasteiger partial charge in [-0.3, -0.25) is 0 Å². The summed E-state index contributed by atoms with van der Waals surface area (Å²) in [6.45, 7) is 5.65. The Balaban J connectivity index is 4.58. The third-order valence-corrected chi connectivity index (χ3v) is 3.77. The van der Waals surface area contributed by atoms with Crippen LogP contribution in [0.4, 0.5) is 0 Å². The number of allylic oxidation sites excluding steroid dienone is 1. The van der Waals surface area contributed by atoms with E-state index < -0.39 is 15.1 Å². The van der Waals surface area contributed by atoms with Crippen molar-refractivity contribution in [2.24, 2.45) is 11.7 Å². The summed E-state index contributed by atoms with van der Waals surface area (Å²) in [6, 6.07) is 0. The molecule has 0 aromatic rings. The summed E-state index contributed by atoms with van der Waals surface area (Å²) in [5, 5.41) is -0.485. The quantitative estimate of drug-likeness (QED) is 0.752. The topological polar surface area (TPSA) is 60.2 Å². The van der Waals surface area contributed by atoms with Gasteiger partial charge in [0.15, 0.2) is 9.84 Å². The normalized spacial score (nSPS) is 18.3. The van der Waals surface area contributed by atoms with Crippen molar-refractivity contribution < 1.29 is 8.42 Å². The van der Waals surface area contributed by atoms with Crippen molar-refractivity contribution in [1.82, 2.24) is 0 Å². The van der Waals surface area contributed by atoms with E-state index in [0.29, 0.717) is 5.70 Å². The first-order chi connectivity index (χ1) is 5.79. The second-order valence-corrected chi connectivity index (χ2v) is 5.91. The highest BCUT2D eigenvalue weighted by Gasteiger charge is 2.13. The zero-order chi connectivity index (χ0) is 10.6. The van der Waals surface area contributed by atoms with Crippen molar-refractivity contribution in [3.8, 4) is 0 Å². The second kappa shape index (κ2) is 4.65. The van der Waals surface area contributed by atoms with Gasteiger partial charge in [-0.2, -0.15) is 0 Å². The Morgan fingerprint density at radius 2 is 1.92 bits per heavy atom. The Morgan fingerprint density at radius 3 is 2.23 bits per heavy atom. The summed E-state index contributed by atoms with van der Waals surface area (Å²) in [5.41, 5.74) is 6.39. The highest BCUT2D eigenvalue weighted by atomic mass is 32.2. The molecule has 3 nitrogen and oxygen atoms in total. The van der Waals surface area contributed by atoms with Gasteiger partial charge in [0.2, 0.25) is 0 Å². The molecular weight excluding hydrogens is 186 g/mol. The largest absolute Gasteiger partial charge is 0.402 e. The first-order valence-corrected chi connectivity index (χ1v) is 6.40. The van der Waals surface area contributed by atoms with Crippen LogP contribution in [-0.2, 0) is 9.84 Å². The molecule has 0 aliphatic carbocycles. The molecule has 0 aliphatic heterocycles. The van der Waals surface area contributed by atoms with Crippen molar-refractivity contribution in [2.45, 2.75) is 32.4 Å². The Hall–Kier alpha value is -0.510. The number of hydrogen-bond acceptors (Lipinski definition) is 3. The van der Waals surface area contributed by atoms with Gasteiger partial charge in [0.1, 0.15) is 0 Å². The first-order valence-electron chi connectivity index (χ1n) is 4.45. The minimum atomic E-state index is -3.00. The molecule has 0 amide bonds. The molecule has 0 fully saturated rings. The van der Waals surface area contributed by atoms with Crippen LogP contribution in [0.25, 0.3) is 0 Å². The molecule has 78 valence electrons. The fraction of sp³-hybridized carbons (Fsp3) is 0.778. The van der Waals surface area contributed by atoms with E-state index in [1.807, 2.05) is 13.8 Å². The van der Waals surface area contributed by atoms with Crippen LogP contribution in [0.2, 0.25) is 0 Å². The molecule has 0 heterocycles. The van der Waals surface area contributed by atoms with Gasteiger partial charge < -0.3 is 5.73 Å². The van der Waals surface area contributed by atoms with Gasteiger partial charge in [-0.05, 0) is 25.3 Å². The number of nitrogens with two attached hydrogens (primary N) is 1. The van der Waals surface area contributed by atoms with Crippen LogP contribution in [0.3, 0.4) is 0 Å². The van der Waals surface area contributed by atoms with Crippen LogP contribution < -0.4 is 5.73 Å². The average molecular weight is 205 g/mol. The second-order valence-electron chi connectivity index (χ2n) is 3.51. The average Bonchev–Trinajstić information content (AvgIpc) is 2.01. The van der Waals surface area contributed by atoms with E-state index in [4.69, 9.17) is 5.73 Å². The maximum Gasteiger partial charge on any atom is 0.153 e. The molecule has 0 radical (unpaired) electrons. The standard InChI is InChI=1S/C9H19NO2S/c1-5-7(2)9(10)6-8(3)13(4,11)12/h6-8H,5,10H2,1-4H3/b9-6-. The number of sulfone groups is 1. The molecule has 0 aromatic carbocycles. The molecule has 2 atom stereocenters. The predicted octanol–water partition coefficient (Wildman–Crippen LogP) is 1.31. The van der Waals surface area contributed by atoms with Crippen LogP contribution in [0.15, 0.2) is 11.8 Å². The lowest BCUT2D eigenvalue weighted by Crippen LogP contribution is -2.17. The molecule has 4 heteroatoms. The molecule has 0 rings (SSSR count). The Morgan fingerprint density at radius 1 is 1.46 bits per heavy atom. The fourth-order valence-electron chi connectivity index (χ4n) is 0.795. The Labute approximate surface area is 80.9 Å². The van der Waals surface area contributed by atoms with E-state index in [9.17, 15) is 8.42 Å². The molecule has 0 spiro atoms.